The molecule has 0 radical (unpaired) electrons. The fourth-order valence-corrected chi connectivity index (χ4v) is 3.34. The van der Waals surface area contributed by atoms with Gasteiger partial charge in [0.25, 0.3) is 0 Å². The van der Waals surface area contributed by atoms with Crippen LogP contribution < -0.4 is 0 Å². The number of hydrogen-bond donors (Lipinski definition) is 1. The third-order valence-electron chi connectivity index (χ3n) is 2.87. The van der Waals surface area contributed by atoms with E-state index in [4.69, 9.17) is 0 Å². The number of aromatic nitrogens is 3. The molecule has 1 N–H and O–H groups in total. The first kappa shape index (κ1) is 9.21. The topological polar surface area (TPSA) is 41.6 Å². The highest BCUT2D eigenvalue weighted by molar-refractivity contribution is 8.00. The van der Waals surface area contributed by atoms with Crippen molar-refractivity contribution < 1.29 is 0 Å². The van der Waals surface area contributed by atoms with Crippen molar-refractivity contribution >= 4 is 22.8 Å². The van der Waals surface area contributed by atoms with Crippen molar-refractivity contribution in [2.24, 2.45) is 0 Å². The van der Waals surface area contributed by atoms with Gasteiger partial charge in [-0.25, -0.2) is 4.98 Å². The molecule has 3 rings (SSSR count). The van der Waals surface area contributed by atoms with E-state index in [0.29, 0.717) is 0 Å². The van der Waals surface area contributed by atoms with Gasteiger partial charge in [0, 0.05) is 21.7 Å². The minimum atomic E-state index is 0.802. The quantitative estimate of drug-likeness (QED) is 0.844. The number of thioether (sulfide) groups is 1. The van der Waals surface area contributed by atoms with E-state index < -0.39 is 0 Å². The van der Waals surface area contributed by atoms with Gasteiger partial charge in [-0.15, -0.1) is 11.8 Å². The van der Waals surface area contributed by atoms with E-state index in [1.165, 1.54) is 30.6 Å². The molecule has 2 aromatic heterocycles. The van der Waals surface area contributed by atoms with Gasteiger partial charge in [-0.1, -0.05) is 12.8 Å². The van der Waals surface area contributed by atoms with Crippen molar-refractivity contribution in [2.75, 3.05) is 0 Å². The minimum Gasteiger partial charge on any atom is -0.261 e. The molecule has 0 unspecified atom stereocenters. The van der Waals surface area contributed by atoms with Crippen molar-refractivity contribution in [1.82, 2.24) is 15.2 Å². The maximum absolute atomic E-state index is 4.34. The summed E-state index contributed by atoms with van der Waals surface area (Å²) in [5.74, 6) is 0. The van der Waals surface area contributed by atoms with Crippen molar-refractivity contribution in [1.29, 1.82) is 0 Å². The van der Waals surface area contributed by atoms with Crippen LogP contribution in [0.5, 0.6) is 0 Å². The van der Waals surface area contributed by atoms with Gasteiger partial charge in [-0.3, -0.25) is 5.10 Å². The molecule has 78 valence electrons. The van der Waals surface area contributed by atoms with Crippen LogP contribution in [-0.4, -0.2) is 20.4 Å². The van der Waals surface area contributed by atoms with Crippen LogP contribution in [0.3, 0.4) is 0 Å². The Hall–Kier alpha value is -1.03. The summed E-state index contributed by atoms with van der Waals surface area (Å²) in [4.78, 5) is 5.62. The molecular formula is C11H13N3S. The molecule has 1 saturated carbocycles. The predicted molar refractivity (Wildman–Crippen MR) is 62.0 cm³/mol. The first-order chi connectivity index (χ1) is 7.42. The highest BCUT2D eigenvalue weighted by atomic mass is 32.2. The molecule has 0 saturated heterocycles. The summed E-state index contributed by atoms with van der Waals surface area (Å²) >= 11 is 1.97. The number of aromatic amines is 1. The van der Waals surface area contributed by atoms with Crippen LogP contribution in [0.15, 0.2) is 23.4 Å². The van der Waals surface area contributed by atoms with Crippen LogP contribution >= 0.6 is 11.8 Å². The SMILES string of the molecule is c1nc2[nH]ncc2cc1SC1CCCC1. The zero-order valence-corrected chi connectivity index (χ0v) is 9.26. The van der Waals surface area contributed by atoms with E-state index in [-0.39, 0.29) is 0 Å². The van der Waals surface area contributed by atoms with Gasteiger partial charge in [0.15, 0.2) is 5.65 Å². The third kappa shape index (κ3) is 1.86. The number of H-pyrrole nitrogens is 1. The van der Waals surface area contributed by atoms with E-state index in [0.717, 1.165) is 16.3 Å². The molecule has 0 aliphatic heterocycles. The standard InChI is InChI=1S/C11H13N3S/c1-2-4-9(3-1)15-10-5-8-6-13-14-11(8)12-7-10/h5-7,9H,1-4H2,(H,12,13,14). The third-order valence-corrected chi connectivity index (χ3v) is 4.17. The van der Waals surface area contributed by atoms with Gasteiger partial charge in [-0.2, -0.15) is 5.10 Å². The normalized spacial score (nSPS) is 17.6. The average molecular weight is 219 g/mol. The summed E-state index contributed by atoms with van der Waals surface area (Å²) in [5, 5.41) is 8.76. The van der Waals surface area contributed by atoms with Crippen LogP contribution in [0.2, 0.25) is 0 Å². The van der Waals surface area contributed by atoms with Crippen molar-refractivity contribution in [3.63, 3.8) is 0 Å². The molecule has 2 heterocycles. The van der Waals surface area contributed by atoms with E-state index in [1.807, 2.05) is 24.2 Å². The van der Waals surface area contributed by atoms with Gasteiger partial charge in [0.1, 0.15) is 0 Å². The zero-order valence-electron chi connectivity index (χ0n) is 8.44. The Morgan fingerprint density at radius 3 is 3.00 bits per heavy atom. The maximum atomic E-state index is 4.34. The molecule has 0 amide bonds. The highest BCUT2D eigenvalue weighted by Crippen LogP contribution is 2.34. The van der Waals surface area contributed by atoms with Crippen LogP contribution in [0.4, 0.5) is 0 Å². The Balaban J connectivity index is 1.84. The summed E-state index contributed by atoms with van der Waals surface area (Å²) in [5.41, 5.74) is 0.880. The first-order valence-corrected chi connectivity index (χ1v) is 6.25. The van der Waals surface area contributed by atoms with Crippen LogP contribution in [0, 0.1) is 0 Å². The monoisotopic (exact) mass is 219 g/mol. The molecule has 1 aliphatic rings. The van der Waals surface area contributed by atoms with Crippen molar-refractivity contribution in [3.05, 3.63) is 18.5 Å². The maximum Gasteiger partial charge on any atom is 0.155 e. The Morgan fingerprint density at radius 1 is 1.27 bits per heavy atom. The summed E-state index contributed by atoms with van der Waals surface area (Å²) in [6.07, 6.45) is 9.27. The average Bonchev–Trinajstić information content (AvgIpc) is 2.87. The molecular weight excluding hydrogens is 206 g/mol. The summed E-state index contributed by atoms with van der Waals surface area (Å²) in [7, 11) is 0. The second-order valence-corrected chi connectivity index (χ2v) is 5.38. The molecule has 0 atom stereocenters. The smallest absolute Gasteiger partial charge is 0.155 e. The molecule has 15 heavy (non-hydrogen) atoms. The zero-order chi connectivity index (χ0) is 10.1. The number of hydrogen-bond acceptors (Lipinski definition) is 3. The number of nitrogens with zero attached hydrogens (tertiary/aromatic N) is 2. The largest absolute Gasteiger partial charge is 0.261 e. The molecule has 2 aromatic rings. The Kier molecular flexibility index (Phi) is 2.37. The second-order valence-electron chi connectivity index (χ2n) is 4.00. The number of rotatable bonds is 2. The van der Waals surface area contributed by atoms with Crippen molar-refractivity contribution in [2.45, 2.75) is 35.8 Å². The molecule has 0 bridgehead atoms. The molecule has 0 aromatic carbocycles. The summed E-state index contributed by atoms with van der Waals surface area (Å²) in [6, 6.07) is 2.18. The molecule has 0 spiro atoms. The van der Waals surface area contributed by atoms with Gasteiger partial charge in [-0.05, 0) is 18.9 Å². The fraction of sp³-hybridized carbons (Fsp3) is 0.455. The van der Waals surface area contributed by atoms with Crippen LogP contribution in [0.1, 0.15) is 25.7 Å². The van der Waals surface area contributed by atoms with Gasteiger partial charge < -0.3 is 0 Å². The Morgan fingerprint density at radius 2 is 2.13 bits per heavy atom. The predicted octanol–water partition coefficient (Wildman–Crippen LogP) is 2.99. The summed E-state index contributed by atoms with van der Waals surface area (Å²) in [6.45, 7) is 0. The van der Waals surface area contributed by atoms with E-state index in [9.17, 15) is 0 Å². The summed E-state index contributed by atoms with van der Waals surface area (Å²) < 4.78 is 0. The van der Waals surface area contributed by atoms with Gasteiger partial charge in [0.2, 0.25) is 0 Å². The lowest BCUT2D eigenvalue weighted by atomic mass is 10.4. The van der Waals surface area contributed by atoms with Crippen molar-refractivity contribution in [3.8, 4) is 0 Å². The lowest BCUT2D eigenvalue weighted by Crippen LogP contribution is -1.93. The van der Waals surface area contributed by atoms with Gasteiger partial charge >= 0.3 is 0 Å². The lowest BCUT2D eigenvalue weighted by molar-refractivity contribution is 0.886. The Labute approximate surface area is 92.7 Å². The van der Waals surface area contributed by atoms with E-state index in [2.05, 4.69) is 21.2 Å². The molecule has 1 fully saturated rings. The highest BCUT2D eigenvalue weighted by Gasteiger charge is 2.16. The number of nitrogens with one attached hydrogen (secondary N) is 1. The molecule has 3 nitrogen and oxygen atoms in total. The second kappa shape index (κ2) is 3.85. The van der Waals surface area contributed by atoms with Crippen LogP contribution in [-0.2, 0) is 0 Å². The fourth-order valence-electron chi connectivity index (χ4n) is 2.08. The molecule has 4 heteroatoms. The minimum absolute atomic E-state index is 0.802. The van der Waals surface area contributed by atoms with Gasteiger partial charge in [0.05, 0.1) is 6.20 Å². The van der Waals surface area contributed by atoms with E-state index in [1.54, 1.807) is 0 Å². The first-order valence-electron chi connectivity index (χ1n) is 5.37. The number of pyridine rings is 1. The van der Waals surface area contributed by atoms with E-state index >= 15 is 0 Å². The Bertz CT molecular complexity index is 460. The number of fused-ring (bicyclic) bond motifs is 1. The lowest BCUT2D eigenvalue weighted by Gasteiger charge is -2.07. The van der Waals surface area contributed by atoms with Crippen LogP contribution in [0.25, 0.3) is 11.0 Å². The molecule has 1 aliphatic carbocycles.